The summed E-state index contributed by atoms with van der Waals surface area (Å²) in [5, 5.41) is 2.90. The highest BCUT2D eigenvalue weighted by atomic mass is 32.2. The van der Waals surface area contributed by atoms with E-state index in [4.69, 9.17) is 0 Å². The van der Waals surface area contributed by atoms with Gasteiger partial charge >= 0.3 is 0 Å². The van der Waals surface area contributed by atoms with Crippen molar-refractivity contribution in [3.8, 4) is 0 Å². The molecule has 1 atom stereocenters. The number of para-hydroxylation sites is 2. The average molecular weight is 314 g/mol. The summed E-state index contributed by atoms with van der Waals surface area (Å²) < 4.78 is 12.2. The van der Waals surface area contributed by atoms with Crippen LogP contribution >= 0.6 is 0 Å². The third-order valence-electron chi connectivity index (χ3n) is 3.60. The van der Waals surface area contributed by atoms with E-state index in [2.05, 4.69) is 5.32 Å². The van der Waals surface area contributed by atoms with Crippen molar-refractivity contribution in [2.45, 2.75) is 11.3 Å². The second-order valence-electron chi connectivity index (χ2n) is 5.21. The molecule has 2 aromatic carbocycles. The van der Waals surface area contributed by atoms with Crippen LogP contribution in [0.15, 0.2) is 59.5 Å². The number of fused-ring (bicyclic) bond motifs is 1. The van der Waals surface area contributed by atoms with Gasteiger partial charge in [0.25, 0.3) is 0 Å². The highest BCUT2D eigenvalue weighted by Gasteiger charge is 2.21. The van der Waals surface area contributed by atoms with Gasteiger partial charge in [-0.25, -0.2) is 0 Å². The predicted molar refractivity (Wildman–Crippen MR) is 89.6 cm³/mol. The maximum absolute atomic E-state index is 12.3. The second kappa shape index (κ2) is 6.75. The van der Waals surface area contributed by atoms with Gasteiger partial charge in [0.2, 0.25) is 5.91 Å². The van der Waals surface area contributed by atoms with Crippen LogP contribution in [0.1, 0.15) is 6.42 Å². The molecular weight excluding hydrogens is 296 g/mol. The highest BCUT2D eigenvalue weighted by molar-refractivity contribution is 7.85. The van der Waals surface area contributed by atoms with E-state index in [0.29, 0.717) is 5.75 Å². The summed E-state index contributed by atoms with van der Waals surface area (Å²) in [7, 11) is -0.979. The maximum atomic E-state index is 12.3. The number of nitrogens with zero attached hydrogens (tertiary/aromatic N) is 1. The van der Waals surface area contributed by atoms with Gasteiger partial charge in [0, 0.05) is 18.0 Å². The van der Waals surface area contributed by atoms with E-state index in [1.165, 1.54) is 0 Å². The van der Waals surface area contributed by atoms with Gasteiger partial charge in [-0.2, -0.15) is 0 Å². The molecule has 1 amide bonds. The van der Waals surface area contributed by atoms with Crippen molar-refractivity contribution < 1.29 is 9.00 Å². The summed E-state index contributed by atoms with van der Waals surface area (Å²) in [6.45, 7) is 1.01. The lowest BCUT2D eigenvalue weighted by Gasteiger charge is -2.23. The maximum Gasteiger partial charge on any atom is 0.243 e. The van der Waals surface area contributed by atoms with Crippen molar-refractivity contribution in [2.75, 3.05) is 29.1 Å². The first-order valence-corrected chi connectivity index (χ1v) is 8.63. The topological polar surface area (TPSA) is 49.4 Å². The quantitative estimate of drug-likeness (QED) is 0.947. The van der Waals surface area contributed by atoms with Crippen LogP contribution in [0.5, 0.6) is 0 Å². The van der Waals surface area contributed by atoms with Gasteiger partial charge in [0.05, 0.1) is 27.9 Å². The molecule has 4 nitrogen and oxygen atoms in total. The van der Waals surface area contributed by atoms with Crippen molar-refractivity contribution in [1.29, 1.82) is 0 Å². The summed E-state index contributed by atoms with van der Waals surface area (Å²) >= 11 is 0. The largest absolute Gasteiger partial charge is 0.361 e. The van der Waals surface area contributed by atoms with Crippen molar-refractivity contribution in [2.24, 2.45) is 0 Å². The summed E-state index contributed by atoms with van der Waals surface area (Å²) in [4.78, 5) is 15.1. The highest BCUT2D eigenvalue weighted by Crippen LogP contribution is 2.27. The lowest BCUT2D eigenvalue weighted by Crippen LogP contribution is -2.34. The molecule has 0 aromatic heterocycles. The van der Waals surface area contributed by atoms with Gasteiger partial charge < -0.3 is 10.2 Å². The fraction of sp³-hybridized carbons (Fsp3) is 0.235. The molecule has 0 bridgehead atoms. The van der Waals surface area contributed by atoms with Crippen LogP contribution in [0.2, 0.25) is 0 Å². The zero-order valence-corrected chi connectivity index (χ0v) is 13.0. The van der Waals surface area contributed by atoms with Crippen molar-refractivity contribution in [3.63, 3.8) is 0 Å². The molecule has 0 spiro atoms. The first-order valence-electron chi connectivity index (χ1n) is 7.31. The summed E-state index contributed by atoms with van der Waals surface area (Å²) in [6.07, 6.45) is 0.819. The van der Waals surface area contributed by atoms with Gasteiger partial charge in [-0.15, -0.1) is 0 Å². The van der Waals surface area contributed by atoms with E-state index >= 15 is 0 Å². The fourth-order valence-corrected chi connectivity index (χ4v) is 3.86. The fourth-order valence-electron chi connectivity index (χ4n) is 2.59. The Morgan fingerprint density at radius 2 is 1.82 bits per heavy atom. The number of nitrogens with one attached hydrogen (secondary N) is 1. The number of carbonyl (C=O) groups excluding carboxylic acids is 1. The Labute approximate surface area is 132 Å². The molecule has 0 radical (unpaired) electrons. The molecule has 1 aliphatic rings. The van der Waals surface area contributed by atoms with Crippen LogP contribution in [-0.2, 0) is 15.6 Å². The van der Waals surface area contributed by atoms with Crippen LogP contribution in [-0.4, -0.2) is 29.0 Å². The van der Waals surface area contributed by atoms with E-state index in [0.717, 1.165) is 29.2 Å². The predicted octanol–water partition coefficient (Wildman–Crippen LogP) is 2.64. The minimum Gasteiger partial charge on any atom is -0.361 e. The lowest BCUT2D eigenvalue weighted by molar-refractivity contribution is -0.115. The molecule has 5 heteroatoms. The molecule has 0 fully saturated rings. The number of hydrogen-bond donors (Lipinski definition) is 1. The Kier molecular flexibility index (Phi) is 4.53. The van der Waals surface area contributed by atoms with Gasteiger partial charge in [-0.1, -0.05) is 30.3 Å². The molecule has 0 aliphatic carbocycles. The third kappa shape index (κ3) is 3.36. The van der Waals surface area contributed by atoms with E-state index < -0.39 is 10.8 Å². The minimum atomic E-state index is -0.979. The van der Waals surface area contributed by atoms with Gasteiger partial charge in [-0.3, -0.25) is 9.00 Å². The molecular formula is C17H18N2O2S. The van der Waals surface area contributed by atoms with Crippen LogP contribution in [0.25, 0.3) is 0 Å². The number of amides is 1. The zero-order chi connectivity index (χ0) is 15.4. The Morgan fingerprint density at radius 1 is 1.09 bits per heavy atom. The first-order chi connectivity index (χ1) is 10.7. The van der Waals surface area contributed by atoms with Crippen LogP contribution < -0.4 is 10.2 Å². The standard InChI is InChI=1S/C17H18N2O2S/c20-17(18-14-7-2-1-3-8-14)13-19-11-6-12-22(21)16-10-5-4-9-15(16)19/h1-5,7-10H,6,11-13H2,(H,18,20)/t22-/m1/s1. The Hall–Kier alpha value is -2.14. The van der Waals surface area contributed by atoms with Gasteiger partial charge in [-0.05, 0) is 30.7 Å². The van der Waals surface area contributed by atoms with Crippen molar-refractivity contribution in [1.82, 2.24) is 0 Å². The zero-order valence-electron chi connectivity index (χ0n) is 12.2. The minimum absolute atomic E-state index is 0.0614. The molecule has 22 heavy (non-hydrogen) atoms. The molecule has 0 unspecified atom stereocenters. The summed E-state index contributed by atoms with van der Waals surface area (Å²) in [6, 6.07) is 17.1. The van der Waals surface area contributed by atoms with Crippen molar-refractivity contribution >= 4 is 28.1 Å². The Bertz CT molecular complexity index is 688. The average Bonchev–Trinajstić information content (AvgIpc) is 2.69. The lowest BCUT2D eigenvalue weighted by atomic mass is 10.2. The van der Waals surface area contributed by atoms with E-state index in [1.807, 2.05) is 59.5 Å². The molecule has 0 saturated heterocycles. The van der Waals surface area contributed by atoms with Crippen LogP contribution in [0.3, 0.4) is 0 Å². The number of benzene rings is 2. The Balaban J connectivity index is 1.76. The molecule has 1 aliphatic heterocycles. The Morgan fingerprint density at radius 3 is 2.64 bits per heavy atom. The van der Waals surface area contributed by atoms with E-state index in [-0.39, 0.29) is 12.5 Å². The number of carbonyl (C=O) groups is 1. The number of anilines is 2. The van der Waals surface area contributed by atoms with E-state index in [1.54, 1.807) is 0 Å². The van der Waals surface area contributed by atoms with Crippen LogP contribution in [0.4, 0.5) is 11.4 Å². The van der Waals surface area contributed by atoms with Gasteiger partial charge in [0.1, 0.15) is 0 Å². The SMILES string of the molecule is O=C(CN1CCC[S@@](=O)c2ccccc21)Nc1ccccc1. The van der Waals surface area contributed by atoms with E-state index in [9.17, 15) is 9.00 Å². The second-order valence-corrected chi connectivity index (χ2v) is 6.75. The number of rotatable bonds is 3. The smallest absolute Gasteiger partial charge is 0.243 e. The van der Waals surface area contributed by atoms with Crippen LogP contribution in [0, 0.1) is 0 Å². The first kappa shape index (κ1) is 14.8. The molecule has 0 saturated carbocycles. The summed E-state index contributed by atoms with van der Waals surface area (Å²) in [5.74, 6) is 0.585. The number of hydrogen-bond acceptors (Lipinski definition) is 3. The summed E-state index contributed by atoms with van der Waals surface area (Å²) in [5.41, 5.74) is 1.70. The molecule has 1 N–H and O–H groups in total. The molecule has 1 heterocycles. The third-order valence-corrected chi connectivity index (χ3v) is 5.10. The monoisotopic (exact) mass is 314 g/mol. The molecule has 114 valence electrons. The normalized spacial score (nSPS) is 17.5. The van der Waals surface area contributed by atoms with Gasteiger partial charge in [0.15, 0.2) is 0 Å². The molecule has 3 rings (SSSR count). The van der Waals surface area contributed by atoms with Crippen molar-refractivity contribution in [3.05, 3.63) is 54.6 Å². The molecule has 2 aromatic rings.